The second-order valence-corrected chi connectivity index (χ2v) is 6.08. The maximum absolute atomic E-state index is 8.25. The van der Waals surface area contributed by atoms with Gasteiger partial charge in [-0.2, -0.15) is 0 Å². The summed E-state index contributed by atoms with van der Waals surface area (Å²) >= 11 is 0. The first-order valence-corrected chi connectivity index (χ1v) is 8.11. The van der Waals surface area contributed by atoms with E-state index < -0.39 is 6.47 Å². The maximum atomic E-state index is 8.25. The van der Waals surface area contributed by atoms with E-state index >= 15 is 0 Å². The van der Waals surface area contributed by atoms with Gasteiger partial charge in [0, 0.05) is 22.2 Å². The number of carbonyl (C=O) groups excluding carboxylic acids is 1. The minimum absolute atomic E-state index is 0.500. The van der Waals surface area contributed by atoms with E-state index in [0.717, 1.165) is 3.89 Å². The van der Waals surface area contributed by atoms with Gasteiger partial charge in [0.2, 0.25) is 0 Å². The third-order valence-corrected chi connectivity index (χ3v) is 6.14. The summed E-state index contributed by atoms with van der Waals surface area (Å²) in [7, 11) is 3.87. The summed E-state index contributed by atoms with van der Waals surface area (Å²) in [5, 5.41) is 8.25. The molecule has 0 atom stereocenters. The van der Waals surface area contributed by atoms with Crippen LogP contribution in [0.3, 0.4) is 0 Å². The molecule has 18 heavy (non-hydrogen) atoms. The minimum atomic E-state index is -0.500. The zero-order valence-electron chi connectivity index (χ0n) is 11.2. The molecule has 1 aromatic carbocycles. The Hall–Kier alpha value is -0.650. The molecule has 0 saturated carbocycles. The first kappa shape index (κ1) is 17.4. The fourth-order valence-corrected chi connectivity index (χ4v) is 4.27. The number of hydrogen-bond donors (Lipinski definition) is 0. The van der Waals surface area contributed by atoms with E-state index in [1.165, 1.54) is 24.5 Å². The number of carbonyl (C=O) groups is 1. The van der Waals surface area contributed by atoms with Crippen molar-refractivity contribution in [2.24, 2.45) is 0 Å². The fraction of sp³-hybridized carbons (Fsp3) is 0.462. The zero-order valence-corrected chi connectivity index (χ0v) is 12.8. The van der Waals surface area contributed by atoms with Crippen molar-refractivity contribution in [3.63, 3.8) is 0 Å². The normalized spacial score (nSPS) is 10.4. The third-order valence-electron chi connectivity index (χ3n) is 2.76. The molecule has 0 aromatic heterocycles. The van der Waals surface area contributed by atoms with E-state index in [-0.39, 0.29) is 0 Å². The second-order valence-electron chi connectivity index (χ2n) is 3.57. The molecule has 5 heteroatoms. The third kappa shape index (κ3) is 6.33. The molecule has 1 rings (SSSR count). The molecule has 0 heterocycles. The summed E-state index contributed by atoms with van der Waals surface area (Å²) in [5.41, 5.74) is 0. The van der Waals surface area contributed by atoms with Gasteiger partial charge in [0.05, 0.1) is 19.6 Å². The Labute approximate surface area is 118 Å². The lowest BCUT2D eigenvalue weighted by molar-refractivity contribution is -0.787. The Kier molecular flexibility index (Phi) is 9.92. The quantitative estimate of drug-likeness (QED) is 0.349. The summed E-state index contributed by atoms with van der Waals surface area (Å²) < 4.78 is 1.12. The van der Waals surface area contributed by atoms with E-state index in [4.69, 9.17) is 9.90 Å². The molecule has 0 aliphatic heterocycles. The number of benzene rings is 1. The zero-order chi connectivity index (χ0) is 13.9. The largest absolute Gasteiger partial charge is 0.554 e. The first-order chi connectivity index (χ1) is 8.67. The standard InChI is InChI=1S/C12H20NS2.CH2O2/c1-4-13(5-2,6-3)15-14-12-10-8-7-9-11-12;2-1-3/h7-11H,4-6H2,1-3H3;1H,(H,2,3)/q+1;/p-1. The van der Waals surface area contributed by atoms with Crippen LogP contribution in [0.2, 0.25) is 0 Å². The van der Waals surface area contributed by atoms with Crippen molar-refractivity contribution < 1.29 is 13.8 Å². The number of quaternary nitrogens is 1. The van der Waals surface area contributed by atoms with E-state index in [1.807, 2.05) is 21.8 Å². The predicted molar refractivity (Wildman–Crippen MR) is 77.8 cm³/mol. The molecule has 0 saturated heterocycles. The molecule has 0 spiro atoms. The highest BCUT2D eigenvalue weighted by molar-refractivity contribution is 8.74. The van der Waals surface area contributed by atoms with Crippen molar-refractivity contribution in [3.05, 3.63) is 30.3 Å². The minimum Gasteiger partial charge on any atom is -0.554 e. The lowest BCUT2D eigenvalue weighted by atomic mass is 10.4. The van der Waals surface area contributed by atoms with Gasteiger partial charge in [0.1, 0.15) is 0 Å². The van der Waals surface area contributed by atoms with Gasteiger partial charge in [-0.1, -0.05) is 18.2 Å². The highest BCUT2D eigenvalue weighted by Crippen LogP contribution is 2.38. The number of rotatable bonds is 6. The van der Waals surface area contributed by atoms with Crippen LogP contribution in [0.5, 0.6) is 0 Å². The van der Waals surface area contributed by atoms with Crippen LogP contribution in [0.25, 0.3) is 0 Å². The molecule has 1 aromatic rings. The van der Waals surface area contributed by atoms with Crippen LogP contribution in [-0.4, -0.2) is 30.0 Å². The molecular weight excluding hydrogens is 266 g/mol. The molecular formula is C13H21NO2S2. The van der Waals surface area contributed by atoms with E-state index in [2.05, 4.69) is 51.1 Å². The monoisotopic (exact) mass is 287 g/mol. The SMILES string of the molecule is CC[N+](CC)(CC)SSc1ccccc1.O=C[O-]. The smallest absolute Gasteiger partial charge is 0.152 e. The van der Waals surface area contributed by atoms with Gasteiger partial charge in [-0.3, -0.25) is 3.89 Å². The Morgan fingerprint density at radius 2 is 1.56 bits per heavy atom. The Morgan fingerprint density at radius 3 is 1.94 bits per heavy atom. The first-order valence-electron chi connectivity index (χ1n) is 6.01. The van der Waals surface area contributed by atoms with Crippen molar-refractivity contribution >= 4 is 28.2 Å². The van der Waals surface area contributed by atoms with E-state index in [9.17, 15) is 0 Å². The Bertz CT molecular complexity index is 308. The maximum Gasteiger partial charge on any atom is 0.152 e. The predicted octanol–water partition coefficient (Wildman–Crippen LogP) is 2.58. The second kappa shape index (κ2) is 10.3. The average Bonchev–Trinajstić information content (AvgIpc) is 2.43. The van der Waals surface area contributed by atoms with Crippen molar-refractivity contribution in [1.82, 2.24) is 0 Å². The van der Waals surface area contributed by atoms with Crippen molar-refractivity contribution in [3.8, 4) is 0 Å². The fourth-order valence-electron chi connectivity index (χ4n) is 1.43. The van der Waals surface area contributed by atoms with Gasteiger partial charge in [0.25, 0.3) is 0 Å². The van der Waals surface area contributed by atoms with Crippen LogP contribution < -0.4 is 5.11 Å². The molecule has 0 unspecified atom stereocenters. The molecule has 0 aliphatic carbocycles. The van der Waals surface area contributed by atoms with Crippen LogP contribution >= 0.6 is 21.8 Å². The van der Waals surface area contributed by atoms with Gasteiger partial charge >= 0.3 is 0 Å². The van der Waals surface area contributed by atoms with E-state index in [0.29, 0.717) is 0 Å². The Balaban J connectivity index is 0.000000873. The molecule has 102 valence electrons. The lowest BCUT2D eigenvalue weighted by Crippen LogP contribution is -2.39. The van der Waals surface area contributed by atoms with Crippen LogP contribution in [0.15, 0.2) is 35.2 Å². The van der Waals surface area contributed by atoms with Crippen molar-refractivity contribution in [2.45, 2.75) is 25.7 Å². The van der Waals surface area contributed by atoms with Gasteiger partial charge in [-0.05, 0) is 32.9 Å². The van der Waals surface area contributed by atoms with Crippen LogP contribution in [0.1, 0.15) is 20.8 Å². The van der Waals surface area contributed by atoms with Crippen molar-refractivity contribution in [1.29, 1.82) is 0 Å². The molecule has 0 aliphatic rings. The number of carboxylic acid groups (broad SMARTS) is 1. The van der Waals surface area contributed by atoms with Crippen LogP contribution in [0, 0.1) is 0 Å². The highest BCUT2D eigenvalue weighted by atomic mass is 33.1. The molecule has 3 nitrogen and oxygen atoms in total. The molecule has 0 radical (unpaired) electrons. The highest BCUT2D eigenvalue weighted by Gasteiger charge is 2.23. The number of hydrogen-bond acceptors (Lipinski definition) is 4. The van der Waals surface area contributed by atoms with E-state index in [1.54, 1.807) is 0 Å². The summed E-state index contributed by atoms with van der Waals surface area (Å²) in [5.74, 6) is 0. The van der Waals surface area contributed by atoms with Crippen LogP contribution in [0.4, 0.5) is 0 Å². The summed E-state index contributed by atoms with van der Waals surface area (Å²) in [6.07, 6.45) is 0. The Morgan fingerprint density at radius 1 is 1.11 bits per heavy atom. The van der Waals surface area contributed by atoms with Crippen molar-refractivity contribution in [2.75, 3.05) is 19.6 Å². The van der Waals surface area contributed by atoms with Gasteiger partial charge in [-0.15, -0.1) is 0 Å². The lowest BCUT2D eigenvalue weighted by Gasteiger charge is -2.31. The summed E-state index contributed by atoms with van der Waals surface area (Å²) in [6, 6.07) is 10.6. The van der Waals surface area contributed by atoms with Crippen LogP contribution in [-0.2, 0) is 4.79 Å². The molecule has 0 amide bonds. The topological polar surface area (TPSA) is 40.1 Å². The molecule has 0 bridgehead atoms. The molecule has 0 fully saturated rings. The molecule has 0 N–H and O–H groups in total. The van der Waals surface area contributed by atoms with Gasteiger partial charge < -0.3 is 9.90 Å². The average molecular weight is 287 g/mol. The van der Waals surface area contributed by atoms with Gasteiger partial charge in [-0.25, -0.2) is 0 Å². The summed E-state index contributed by atoms with van der Waals surface area (Å²) in [4.78, 5) is 9.60. The van der Waals surface area contributed by atoms with Gasteiger partial charge in [0.15, 0.2) is 11.0 Å². The summed E-state index contributed by atoms with van der Waals surface area (Å²) in [6.45, 7) is 9.88. The number of nitrogens with zero attached hydrogens (tertiary/aromatic N) is 1.